The number of hydrogen-bond acceptors (Lipinski definition) is 7. The summed E-state index contributed by atoms with van der Waals surface area (Å²) in [5.74, 6) is -0.752. The molecule has 0 bridgehead atoms. The van der Waals surface area contributed by atoms with Crippen LogP contribution < -0.4 is 15.4 Å². The summed E-state index contributed by atoms with van der Waals surface area (Å²) in [6, 6.07) is 15.9. The lowest BCUT2D eigenvalue weighted by Crippen LogP contribution is -2.72. The van der Waals surface area contributed by atoms with Gasteiger partial charge >= 0.3 is 6.03 Å². The topological polar surface area (TPSA) is 110 Å². The number of benzene rings is 2. The number of barbiturate groups is 1. The van der Waals surface area contributed by atoms with E-state index in [0.29, 0.717) is 44.2 Å². The number of aryl methyl sites for hydroxylation is 1. The molecule has 0 atom stereocenters. The number of nitrogens with zero attached hydrogens (tertiary/aromatic N) is 2. The molecule has 0 unspecified atom stereocenters. The Morgan fingerprint density at radius 2 is 1.68 bits per heavy atom. The SMILES string of the molecule is Cc1cc(COc2ccc(C3(N4CCOCC4)C(=O)NC(=O)NC3=O)cc2)c2ccccc2n1. The second kappa shape index (κ2) is 8.85. The molecule has 5 rings (SSSR count). The van der Waals surface area contributed by atoms with Crippen molar-refractivity contribution in [2.24, 2.45) is 0 Å². The third kappa shape index (κ3) is 3.78. The minimum atomic E-state index is -1.66. The van der Waals surface area contributed by atoms with E-state index < -0.39 is 23.4 Å². The van der Waals surface area contributed by atoms with Crippen LogP contribution in [0.1, 0.15) is 16.8 Å². The van der Waals surface area contributed by atoms with Gasteiger partial charge in [0.25, 0.3) is 11.8 Å². The number of amides is 4. The van der Waals surface area contributed by atoms with Crippen LogP contribution in [-0.2, 0) is 26.5 Å². The number of aromatic nitrogens is 1. The third-order valence-corrected chi connectivity index (χ3v) is 6.19. The van der Waals surface area contributed by atoms with Gasteiger partial charge in [0.15, 0.2) is 0 Å². The third-order valence-electron chi connectivity index (χ3n) is 6.19. The zero-order valence-corrected chi connectivity index (χ0v) is 18.7. The van der Waals surface area contributed by atoms with E-state index in [4.69, 9.17) is 9.47 Å². The normalized spacial score (nSPS) is 18.4. The van der Waals surface area contributed by atoms with E-state index in [1.807, 2.05) is 37.3 Å². The Morgan fingerprint density at radius 3 is 2.38 bits per heavy atom. The highest BCUT2D eigenvalue weighted by Crippen LogP contribution is 2.33. The van der Waals surface area contributed by atoms with E-state index >= 15 is 0 Å². The first-order chi connectivity index (χ1) is 16.5. The zero-order valence-electron chi connectivity index (χ0n) is 18.7. The maximum Gasteiger partial charge on any atom is 0.328 e. The second-order valence-electron chi connectivity index (χ2n) is 8.30. The summed E-state index contributed by atoms with van der Waals surface area (Å²) in [6.07, 6.45) is 0. The van der Waals surface area contributed by atoms with E-state index in [9.17, 15) is 14.4 Å². The fourth-order valence-electron chi connectivity index (χ4n) is 4.62. The molecule has 2 saturated heterocycles. The van der Waals surface area contributed by atoms with Crippen molar-refractivity contribution in [2.75, 3.05) is 26.3 Å². The van der Waals surface area contributed by atoms with Gasteiger partial charge in [0.2, 0.25) is 5.54 Å². The molecule has 2 fully saturated rings. The lowest BCUT2D eigenvalue weighted by Gasteiger charge is -2.44. The molecule has 4 amide bonds. The number of nitrogens with one attached hydrogen (secondary N) is 2. The molecule has 0 spiro atoms. The first-order valence-electron chi connectivity index (χ1n) is 11.1. The fraction of sp³-hybridized carbons (Fsp3) is 0.280. The van der Waals surface area contributed by atoms with Crippen molar-refractivity contribution < 1.29 is 23.9 Å². The summed E-state index contributed by atoms with van der Waals surface area (Å²) >= 11 is 0. The lowest BCUT2D eigenvalue weighted by molar-refractivity contribution is -0.152. The van der Waals surface area contributed by atoms with Crippen molar-refractivity contribution in [3.05, 3.63) is 71.4 Å². The zero-order chi connectivity index (χ0) is 23.7. The van der Waals surface area contributed by atoms with Crippen molar-refractivity contribution in [3.63, 3.8) is 0 Å². The molecule has 3 aromatic rings. The fourth-order valence-corrected chi connectivity index (χ4v) is 4.62. The number of carbonyl (C=O) groups excluding carboxylic acids is 3. The number of carbonyl (C=O) groups is 3. The summed E-state index contributed by atoms with van der Waals surface area (Å²) in [6.45, 7) is 3.81. The van der Waals surface area contributed by atoms with Crippen molar-refractivity contribution in [1.82, 2.24) is 20.5 Å². The summed E-state index contributed by atoms with van der Waals surface area (Å²) in [7, 11) is 0. The molecule has 9 heteroatoms. The number of ether oxygens (including phenoxy) is 2. The summed E-state index contributed by atoms with van der Waals surface area (Å²) < 4.78 is 11.4. The van der Waals surface area contributed by atoms with Crippen LogP contribution in [0.15, 0.2) is 54.6 Å². The molecular formula is C25H24N4O5. The number of para-hydroxylation sites is 1. The molecule has 2 N–H and O–H groups in total. The van der Waals surface area contributed by atoms with Crippen LogP contribution in [0.25, 0.3) is 10.9 Å². The molecule has 2 aromatic carbocycles. The van der Waals surface area contributed by atoms with Gasteiger partial charge in [-0.1, -0.05) is 30.3 Å². The van der Waals surface area contributed by atoms with Gasteiger partial charge in [-0.3, -0.25) is 30.1 Å². The molecule has 2 aliphatic heterocycles. The summed E-state index contributed by atoms with van der Waals surface area (Å²) in [5.41, 5.74) is 1.63. The van der Waals surface area contributed by atoms with Gasteiger partial charge in [-0.15, -0.1) is 0 Å². The van der Waals surface area contributed by atoms with Crippen molar-refractivity contribution >= 4 is 28.7 Å². The van der Waals surface area contributed by atoms with Gasteiger partial charge in [-0.2, -0.15) is 0 Å². The molecular weight excluding hydrogens is 436 g/mol. The minimum absolute atomic E-state index is 0.341. The second-order valence-corrected chi connectivity index (χ2v) is 8.30. The van der Waals surface area contributed by atoms with Gasteiger partial charge in [-0.05, 0) is 36.8 Å². The predicted molar refractivity (Wildman–Crippen MR) is 123 cm³/mol. The largest absolute Gasteiger partial charge is 0.489 e. The van der Waals surface area contributed by atoms with Gasteiger partial charge in [0.05, 0.1) is 18.7 Å². The molecule has 3 heterocycles. The van der Waals surface area contributed by atoms with Crippen LogP contribution in [0.2, 0.25) is 0 Å². The number of fused-ring (bicyclic) bond motifs is 1. The number of morpholine rings is 1. The first kappa shape index (κ1) is 22.0. The molecule has 34 heavy (non-hydrogen) atoms. The molecule has 0 radical (unpaired) electrons. The molecule has 174 valence electrons. The Balaban J connectivity index is 1.43. The monoisotopic (exact) mass is 460 g/mol. The number of imide groups is 2. The Bertz CT molecular complexity index is 1250. The summed E-state index contributed by atoms with van der Waals surface area (Å²) in [5, 5.41) is 5.53. The molecule has 9 nitrogen and oxygen atoms in total. The molecule has 1 aromatic heterocycles. The van der Waals surface area contributed by atoms with Crippen LogP contribution >= 0.6 is 0 Å². The van der Waals surface area contributed by atoms with E-state index in [0.717, 1.165) is 22.2 Å². The Labute approximate surface area is 196 Å². The van der Waals surface area contributed by atoms with Crippen LogP contribution in [0.4, 0.5) is 4.79 Å². The Hall–Kier alpha value is -3.82. The van der Waals surface area contributed by atoms with Crippen LogP contribution in [0, 0.1) is 6.92 Å². The van der Waals surface area contributed by atoms with E-state index in [1.54, 1.807) is 29.2 Å². The smallest absolute Gasteiger partial charge is 0.328 e. The summed E-state index contributed by atoms with van der Waals surface area (Å²) in [4.78, 5) is 44.2. The highest BCUT2D eigenvalue weighted by molar-refractivity contribution is 6.22. The van der Waals surface area contributed by atoms with E-state index in [1.165, 1.54) is 0 Å². The number of hydrogen-bond donors (Lipinski definition) is 2. The van der Waals surface area contributed by atoms with Gasteiger partial charge in [0, 0.05) is 29.7 Å². The number of pyridine rings is 1. The number of urea groups is 1. The minimum Gasteiger partial charge on any atom is -0.489 e. The molecule has 0 saturated carbocycles. The lowest BCUT2D eigenvalue weighted by atomic mass is 9.84. The van der Waals surface area contributed by atoms with E-state index in [-0.39, 0.29) is 0 Å². The van der Waals surface area contributed by atoms with Crippen molar-refractivity contribution in [1.29, 1.82) is 0 Å². The maximum atomic E-state index is 13.1. The Kier molecular flexibility index (Phi) is 5.72. The maximum absolute atomic E-state index is 13.1. The average molecular weight is 460 g/mol. The highest BCUT2D eigenvalue weighted by atomic mass is 16.5. The standard InChI is InChI=1S/C25H24N4O5/c1-16-14-17(20-4-2-3-5-21(20)26-16)15-34-19-8-6-18(7-9-19)25(29-10-12-33-13-11-29)22(30)27-24(32)28-23(25)31/h2-9,14H,10-13,15H2,1H3,(H2,27,28,30,31,32). The van der Waals surface area contributed by atoms with Gasteiger partial charge in [-0.25, -0.2) is 4.79 Å². The van der Waals surface area contributed by atoms with Crippen molar-refractivity contribution in [2.45, 2.75) is 19.1 Å². The van der Waals surface area contributed by atoms with E-state index in [2.05, 4.69) is 15.6 Å². The average Bonchev–Trinajstić information content (AvgIpc) is 2.83. The predicted octanol–water partition coefficient (Wildman–Crippen LogP) is 2.02. The quantitative estimate of drug-likeness (QED) is 0.561. The van der Waals surface area contributed by atoms with Crippen LogP contribution in [-0.4, -0.2) is 54.0 Å². The molecule has 0 aliphatic carbocycles. The van der Waals surface area contributed by atoms with Crippen LogP contribution in [0.5, 0.6) is 5.75 Å². The molecule has 2 aliphatic rings. The highest BCUT2D eigenvalue weighted by Gasteiger charge is 2.56. The van der Waals surface area contributed by atoms with Crippen molar-refractivity contribution in [3.8, 4) is 5.75 Å². The van der Waals surface area contributed by atoms with Crippen LogP contribution in [0.3, 0.4) is 0 Å². The van der Waals surface area contributed by atoms with Gasteiger partial charge in [0.1, 0.15) is 12.4 Å². The number of rotatable bonds is 5. The Morgan fingerprint density at radius 1 is 1.00 bits per heavy atom. The first-order valence-corrected chi connectivity index (χ1v) is 11.1. The van der Waals surface area contributed by atoms with Gasteiger partial charge < -0.3 is 9.47 Å².